The minimum Gasteiger partial charge on any atom is -0.479 e. The molecular weight excluding hydrogens is 350 g/mol. The van der Waals surface area contributed by atoms with E-state index in [4.69, 9.17) is 0 Å². The number of carboxylic acids is 1. The van der Waals surface area contributed by atoms with Crippen LogP contribution in [-0.2, 0) is 4.79 Å². The van der Waals surface area contributed by atoms with Crippen LogP contribution in [0.25, 0.3) is 0 Å². The minimum absolute atomic E-state index is 0.107. The van der Waals surface area contributed by atoms with Crippen LogP contribution in [0.3, 0.4) is 0 Å². The summed E-state index contributed by atoms with van der Waals surface area (Å²) in [6.07, 6.45) is 5.23. The van der Waals surface area contributed by atoms with E-state index in [9.17, 15) is 24.8 Å². The van der Waals surface area contributed by atoms with E-state index in [1.807, 2.05) is 4.90 Å². The highest BCUT2D eigenvalue weighted by atomic mass is 16.6. The van der Waals surface area contributed by atoms with E-state index in [0.717, 1.165) is 45.2 Å². The van der Waals surface area contributed by atoms with Crippen LogP contribution >= 0.6 is 0 Å². The number of carbonyl (C=O) groups excluding carboxylic acids is 1. The van der Waals surface area contributed by atoms with Crippen LogP contribution in [0.15, 0.2) is 18.2 Å². The number of benzene rings is 1. The number of nitrogens with zero attached hydrogens (tertiary/aromatic N) is 3. The zero-order valence-electron chi connectivity index (χ0n) is 15.5. The van der Waals surface area contributed by atoms with Crippen molar-refractivity contribution in [2.24, 2.45) is 0 Å². The number of nitro groups is 1. The van der Waals surface area contributed by atoms with E-state index in [1.165, 1.54) is 18.0 Å². The fourth-order valence-electron chi connectivity index (χ4n) is 4.25. The predicted molar refractivity (Wildman–Crippen MR) is 100 cm³/mol. The van der Waals surface area contributed by atoms with Gasteiger partial charge in [-0.2, -0.15) is 0 Å². The van der Waals surface area contributed by atoms with Crippen molar-refractivity contribution in [3.8, 4) is 0 Å². The van der Waals surface area contributed by atoms with Crippen LogP contribution in [0.4, 0.5) is 11.4 Å². The maximum atomic E-state index is 13.0. The summed E-state index contributed by atoms with van der Waals surface area (Å²) >= 11 is 0. The van der Waals surface area contributed by atoms with Gasteiger partial charge in [-0.05, 0) is 37.8 Å². The second-order valence-electron chi connectivity index (χ2n) is 7.42. The quantitative estimate of drug-likeness (QED) is 0.626. The average Bonchev–Trinajstić information content (AvgIpc) is 3.21. The third-order valence-electron chi connectivity index (χ3n) is 5.89. The van der Waals surface area contributed by atoms with E-state index in [-0.39, 0.29) is 11.3 Å². The van der Waals surface area contributed by atoms with Gasteiger partial charge in [0.25, 0.3) is 11.6 Å². The number of carboxylic acid groups (broad SMARTS) is 1. The number of hydrogen-bond donors (Lipinski definition) is 1. The number of nitro benzene ring substituents is 1. The van der Waals surface area contributed by atoms with Crippen molar-refractivity contribution in [3.63, 3.8) is 0 Å². The second kappa shape index (κ2) is 7.54. The first kappa shape index (κ1) is 19.1. The number of anilines is 1. The van der Waals surface area contributed by atoms with Gasteiger partial charge in [-0.1, -0.05) is 19.3 Å². The monoisotopic (exact) mass is 375 g/mol. The van der Waals surface area contributed by atoms with E-state index >= 15 is 0 Å². The van der Waals surface area contributed by atoms with Crippen molar-refractivity contribution in [1.29, 1.82) is 0 Å². The summed E-state index contributed by atoms with van der Waals surface area (Å²) in [7, 11) is 1.49. The molecule has 2 aliphatic rings. The van der Waals surface area contributed by atoms with Crippen LogP contribution in [0.2, 0.25) is 0 Å². The van der Waals surface area contributed by atoms with Crippen molar-refractivity contribution in [3.05, 3.63) is 33.9 Å². The molecule has 0 bridgehead atoms. The zero-order valence-corrected chi connectivity index (χ0v) is 15.5. The molecule has 2 fully saturated rings. The Kier molecular flexibility index (Phi) is 5.34. The molecule has 27 heavy (non-hydrogen) atoms. The average molecular weight is 375 g/mol. The number of aliphatic carboxylic acids is 1. The molecule has 1 aliphatic heterocycles. The molecule has 1 heterocycles. The van der Waals surface area contributed by atoms with E-state index in [0.29, 0.717) is 18.5 Å². The summed E-state index contributed by atoms with van der Waals surface area (Å²) in [4.78, 5) is 39.2. The summed E-state index contributed by atoms with van der Waals surface area (Å²) in [5.41, 5.74) is -0.678. The molecule has 1 saturated heterocycles. The number of rotatable bonds is 5. The summed E-state index contributed by atoms with van der Waals surface area (Å²) in [5, 5.41) is 21.3. The lowest BCUT2D eigenvalue weighted by Crippen LogP contribution is -2.56. The van der Waals surface area contributed by atoms with Crippen LogP contribution in [0.1, 0.15) is 55.3 Å². The molecule has 0 spiro atoms. The highest BCUT2D eigenvalue weighted by Crippen LogP contribution is 2.36. The molecule has 8 heteroatoms. The maximum absolute atomic E-state index is 13.0. The number of amides is 1. The molecule has 0 aromatic heterocycles. The van der Waals surface area contributed by atoms with Gasteiger partial charge in [-0.3, -0.25) is 14.9 Å². The van der Waals surface area contributed by atoms with Gasteiger partial charge in [0.1, 0.15) is 11.2 Å². The maximum Gasteiger partial charge on any atom is 0.329 e. The molecule has 1 aromatic carbocycles. The Bertz CT molecular complexity index is 752. The Morgan fingerprint density at radius 1 is 1.15 bits per heavy atom. The molecule has 8 nitrogen and oxygen atoms in total. The molecular formula is C19H25N3O5. The Morgan fingerprint density at radius 2 is 1.78 bits per heavy atom. The third kappa shape index (κ3) is 3.48. The van der Waals surface area contributed by atoms with E-state index < -0.39 is 22.3 Å². The van der Waals surface area contributed by atoms with E-state index in [2.05, 4.69) is 0 Å². The van der Waals surface area contributed by atoms with Gasteiger partial charge < -0.3 is 14.9 Å². The van der Waals surface area contributed by atoms with E-state index in [1.54, 1.807) is 12.1 Å². The Labute approximate surface area is 157 Å². The molecule has 0 atom stereocenters. The first-order valence-corrected chi connectivity index (χ1v) is 9.42. The molecule has 1 amide bonds. The number of likely N-dealkylation sites (N-methyl/N-ethyl adjacent to an activating group) is 1. The largest absolute Gasteiger partial charge is 0.479 e. The lowest BCUT2D eigenvalue weighted by atomic mass is 9.80. The summed E-state index contributed by atoms with van der Waals surface area (Å²) in [6.45, 7) is 1.52. The van der Waals surface area contributed by atoms with Crippen LogP contribution in [-0.4, -0.2) is 52.5 Å². The first-order chi connectivity index (χ1) is 12.9. The SMILES string of the molecule is CN(C(=O)c1ccc(N2CCCC2)c([N+](=O)[O-])c1)C1(C(=O)O)CCCCC1. The fraction of sp³-hybridized carbons (Fsp3) is 0.579. The van der Waals surface area contributed by atoms with Crippen LogP contribution in [0, 0.1) is 10.1 Å². The van der Waals surface area contributed by atoms with Gasteiger partial charge in [-0.15, -0.1) is 0 Å². The Hall–Kier alpha value is -2.64. The fourth-order valence-corrected chi connectivity index (χ4v) is 4.25. The van der Waals surface area contributed by atoms with Crippen molar-refractivity contribution >= 4 is 23.3 Å². The lowest BCUT2D eigenvalue weighted by Gasteiger charge is -2.41. The number of hydrogen-bond acceptors (Lipinski definition) is 5. The smallest absolute Gasteiger partial charge is 0.329 e. The third-order valence-corrected chi connectivity index (χ3v) is 5.89. The van der Waals surface area contributed by atoms with Gasteiger partial charge in [0.15, 0.2) is 0 Å². The normalized spacial score (nSPS) is 18.9. The first-order valence-electron chi connectivity index (χ1n) is 9.42. The molecule has 0 unspecified atom stereocenters. The molecule has 1 saturated carbocycles. The molecule has 1 aliphatic carbocycles. The van der Waals surface area contributed by atoms with Crippen molar-refractivity contribution in [2.45, 2.75) is 50.5 Å². The molecule has 1 aromatic rings. The van der Waals surface area contributed by atoms with Gasteiger partial charge in [0, 0.05) is 31.8 Å². The number of carbonyl (C=O) groups is 2. The Balaban J connectivity index is 1.92. The van der Waals surface area contributed by atoms with Crippen LogP contribution in [0.5, 0.6) is 0 Å². The van der Waals surface area contributed by atoms with Gasteiger partial charge >= 0.3 is 5.97 Å². The van der Waals surface area contributed by atoms with Gasteiger partial charge in [0.2, 0.25) is 0 Å². The topological polar surface area (TPSA) is 104 Å². The lowest BCUT2D eigenvalue weighted by molar-refractivity contribution is -0.384. The summed E-state index contributed by atoms with van der Waals surface area (Å²) < 4.78 is 0. The second-order valence-corrected chi connectivity index (χ2v) is 7.42. The highest BCUT2D eigenvalue weighted by molar-refractivity contribution is 5.99. The molecule has 0 radical (unpaired) electrons. The molecule has 3 rings (SSSR count). The van der Waals surface area contributed by atoms with Gasteiger partial charge in [-0.25, -0.2) is 4.79 Å². The minimum atomic E-state index is -1.24. The Morgan fingerprint density at radius 3 is 2.33 bits per heavy atom. The summed E-state index contributed by atoms with van der Waals surface area (Å²) in [5.74, 6) is -1.50. The summed E-state index contributed by atoms with van der Waals surface area (Å²) in [6, 6.07) is 4.46. The zero-order chi connectivity index (χ0) is 19.6. The van der Waals surface area contributed by atoms with Crippen molar-refractivity contribution in [2.75, 3.05) is 25.0 Å². The standard InChI is InChI=1S/C19H25N3O5/c1-20(19(18(24)25)9-3-2-4-10-19)17(23)14-7-8-15(16(13-14)22(26)27)21-11-5-6-12-21/h7-8,13H,2-6,9-12H2,1H3,(H,24,25). The van der Waals surface area contributed by atoms with Crippen LogP contribution < -0.4 is 4.90 Å². The highest BCUT2D eigenvalue weighted by Gasteiger charge is 2.45. The van der Waals surface area contributed by atoms with Crippen molar-refractivity contribution in [1.82, 2.24) is 4.90 Å². The predicted octanol–water partition coefficient (Wildman–Crippen LogP) is 3.05. The molecule has 1 N–H and O–H groups in total. The van der Waals surface area contributed by atoms with Crippen molar-refractivity contribution < 1.29 is 19.6 Å². The van der Waals surface area contributed by atoms with Gasteiger partial charge in [0.05, 0.1) is 4.92 Å². The molecule has 146 valence electrons.